The molecule has 0 radical (unpaired) electrons. The van der Waals surface area contributed by atoms with E-state index in [1.54, 1.807) is 19.1 Å². The molecule has 2 aromatic rings. The Morgan fingerprint density at radius 2 is 2.04 bits per heavy atom. The summed E-state index contributed by atoms with van der Waals surface area (Å²) in [5.74, 6) is -1.08. The Bertz CT molecular complexity index is 845. The predicted molar refractivity (Wildman–Crippen MR) is 95.6 cm³/mol. The molecule has 0 spiro atoms. The van der Waals surface area contributed by atoms with E-state index < -0.39 is 23.5 Å². The fourth-order valence-corrected chi connectivity index (χ4v) is 2.03. The Morgan fingerprint density at radius 3 is 2.65 bits per heavy atom. The molecule has 1 aromatic heterocycles. The summed E-state index contributed by atoms with van der Waals surface area (Å²) in [5, 5.41) is 11.8. The van der Waals surface area contributed by atoms with Gasteiger partial charge in [-0.3, -0.25) is 4.79 Å². The van der Waals surface area contributed by atoms with E-state index in [1.165, 1.54) is 13.0 Å². The van der Waals surface area contributed by atoms with Crippen LogP contribution < -0.4 is 5.32 Å². The number of nitrogens with zero attached hydrogens (tertiary/aromatic N) is 2. The molecular formula is C19H21N3O4. The molecule has 1 amide bonds. The zero-order valence-electron chi connectivity index (χ0n) is 15.1. The SMILES string of the molecule is CC(OC(=O)/C=C/c1nc2ccccc2o1)C(=O)NC(C)(C#N)C(C)C. The second kappa shape index (κ2) is 7.83. The first-order chi connectivity index (χ1) is 12.2. The molecule has 0 bridgehead atoms. The number of nitriles is 1. The minimum absolute atomic E-state index is 0.0987. The van der Waals surface area contributed by atoms with E-state index in [2.05, 4.69) is 16.4 Å². The van der Waals surface area contributed by atoms with Crippen LogP contribution in [0.2, 0.25) is 0 Å². The van der Waals surface area contributed by atoms with Gasteiger partial charge in [-0.2, -0.15) is 5.26 Å². The van der Waals surface area contributed by atoms with E-state index in [-0.39, 0.29) is 11.8 Å². The van der Waals surface area contributed by atoms with E-state index >= 15 is 0 Å². The van der Waals surface area contributed by atoms with Gasteiger partial charge in [0, 0.05) is 12.2 Å². The highest BCUT2D eigenvalue weighted by molar-refractivity contribution is 5.90. The van der Waals surface area contributed by atoms with Crippen LogP contribution >= 0.6 is 0 Å². The Labute approximate surface area is 151 Å². The molecule has 0 fully saturated rings. The van der Waals surface area contributed by atoms with Gasteiger partial charge >= 0.3 is 5.97 Å². The number of hydrogen-bond donors (Lipinski definition) is 1. The van der Waals surface area contributed by atoms with Crippen molar-refractivity contribution in [3.05, 3.63) is 36.2 Å². The maximum atomic E-state index is 12.2. The number of carbonyl (C=O) groups is 2. The highest BCUT2D eigenvalue weighted by Crippen LogP contribution is 2.16. The van der Waals surface area contributed by atoms with E-state index in [4.69, 9.17) is 9.15 Å². The molecule has 0 saturated heterocycles. The molecule has 0 saturated carbocycles. The van der Waals surface area contributed by atoms with Gasteiger partial charge < -0.3 is 14.5 Å². The first-order valence-corrected chi connectivity index (χ1v) is 8.22. The number of esters is 1. The number of fused-ring (bicyclic) bond motifs is 1. The molecule has 7 nitrogen and oxygen atoms in total. The second-order valence-electron chi connectivity index (χ2n) is 6.39. The minimum atomic E-state index is -1.04. The van der Waals surface area contributed by atoms with E-state index in [1.807, 2.05) is 26.0 Å². The second-order valence-corrected chi connectivity index (χ2v) is 6.39. The van der Waals surface area contributed by atoms with Crippen molar-refractivity contribution in [2.24, 2.45) is 5.92 Å². The van der Waals surface area contributed by atoms with Crippen molar-refractivity contribution in [1.82, 2.24) is 10.3 Å². The van der Waals surface area contributed by atoms with Crippen LogP contribution in [-0.2, 0) is 14.3 Å². The number of amides is 1. The van der Waals surface area contributed by atoms with Gasteiger partial charge in [-0.25, -0.2) is 9.78 Å². The largest absolute Gasteiger partial charge is 0.449 e. The third kappa shape index (κ3) is 4.48. The topological polar surface area (TPSA) is 105 Å². The van der Waals surface area contributed by atoms with Crippen molar-refractivity contribution in [1.29, 1.82) is 5.26 Å². The van der Waals surface area contributed by atoms with Gasteiger partial charge in [-0.1, -0.05) is 26.0 Å². The molecule has 0 aliphatic carbocycles. The lowest BCUT2D eigenvalue weighted by Gasteiger charge is -2.28. The number of rotatable bonds is 6. The van der Waals surface area contributed by atoms with Crippen LogP contribution in [0.25, 0.3) is 17.2 Å². The predicted octanol–water partition coefficient (Wildman–Crippen LogP) is 2.83. The maximum absolute atomic E-state index is 12.2. The fourth-order valence-electron chi connectivity index (χ4n) is 2.03. The zero-order valence-corrected chi connectivity index (χ0v) is 15.1. The molecule has 2 unspecified atom stereocenters. The summed E-state index contributed by atoms with van der Waals surface area (Å²) < 4.78 is 10.5. The van der Waals surface area contributed by atoms with Crippen molar-refractivity contribution >= 4 is 29.1 Å². The number of ether oxygens (including phenoxy) is 1. The van der Waals surface area contributed by atoms with Crippen LogP contribution in [0.1, 0.15) is 33.6 Å². The zero-order chi connectivity index (χ0) is 19.3. The van der Waals surface area contributed by atoms with Crippen LogP contribution in [0, 0.1) is 17.2 Å². The van der Waals surface area contributed by atoms with Gasteiger partial charge in [0.25, 0.3) is 5.91 Å². The summed E-state index contributed by atoms with van der Waals surface area (Å²) in [4.78, 5) is 28.2. The van der Waals surface area contributed by atoms with Crippen LogP contribution in [0.4, 0.5) is 0 Å². The number of hydrogen-bond acceptors (Lipinski definition) is 6. The smallest absolute Gasteiger partial charge is 0.331 e. The summed E-state index contributed by atoms with van der Waals surface area (Å²) in [6, 6.07) is 9.29. The van der Waals surface area contributed by atoms with E-state index in [0.717, 1.165) is 6.08 Å². The van der Waals surface area contributed by atoms with Crippen molar-refractivity contribution in [2.45, 2.75) is 39.3 Å². The molecule has 26 heavy (non-hydrogen) atoms. The van der Waals surface area contributed by atoms with Crippen molar-refractivity contribution in [3.63, 3.8) is 0 Å². The van der Waals surface area contributed by atoms with Gasteiger partial charge in [0.2, 0.25) is 5.89 Å². The number of carbonyl (C=O) groups excluding carboxylic acids is 2. The number of benzene rings is 1. The first-order valence-electron chi connectivity index (χ1n) is 8.22. The van der Waals surface area contributed by atoms with Gasteiger partial charge in [-0.15, -0.1) is 0 Å². The quantitative estimate of drug-likeness (QED) is 0.631. The Hall–Kier alpha value is -3.14. The summed E-state index contributed by atoms with van der Waals surface area (Å²) in [7, 11) is 0. The molecule has 136 valence electrons. The minimum Gasteiger partial charge on any atom is -0.449 e. The maximum Gasteiger partial charge on any atom is 0.331 e. The summed E-state index contributed by atoms with van der Waals surface area (Å²) in [6.45, 7) is 6.71. The molecule has 1 heterocycles. The average molecular weight is 355 g/mol. The van der Waals surface area contributed by atoms with Gasteiger partial charge in [0.15, 0.2) is 11.7 Å². The lowest BCUT2D eigenvalue weighted by Crippen LogP contribution is -2.52. The number of oxazole rings is 1. The van der Waals surface area contributed by atoms with Crippen molar-refractivity contribution in [2.75, 3.05) is 0 Å². The van der Waals surface area contributed by atoms with Crippen LogP contribution in [-0.4, -0.2) is 28.5 Å². The standard InChI is InChI=1S/C19H21N3O4/c1-12(2)19(4,11-20)22-18(24)13(3)25-17(23)10-9-16-21-14-7-5-6-8-15(14)26-16/h5-10,12-13H,1-4H3,(H,22,24)/b10-9+. The molecule has 1 aromatic carbocycles. The highest BCUT2D eigenvalue weighted by atomic mass is 16.5. The number of aromatic nitrogens is 1. The van der Waals surface area contributed by atoms with Crippen LogP contribution in [0.5, 0.6) is 0 Å². The molecule has 7 heteroatoms. The molecular weight excluding hydrogens is 334 g/mol. The van der Waals surface area contributed by atoms with E-state index in [9.17, 15) is 14.9 Å². The number of para-hydroxylation sites is 2. The van der Waals surface area contributed by atoms with Gasteiger partial charge in [0.05, 0.1) is 6.07 Å². The van der Waals surface area contributed by atoms with Crippen LogP contribution in [0.3, 0.4) is 0 Å². The third-order valence-electron chi connectivity index (χ3n) is 4.10. The van der Waals surface area contributed by atoms with Crippen molar-refractivity contribution < 1.29 is 18.7 Å². The monoisotopic (exact) mass is 355 g/mol. The fraction of sp³-hybridized carbons (Fsp3) is 0.368. The average Bonchev–Trinajstić information content (AvgIpc) is 3.02. The van der Waals surface area contributed by atoms with Crippen molar-refractivity contribution in [3.8, 4) is 6.07 Å². The Kier molecular flexibility index (Phi) is 5.78. The molecule has 2 rings (SSSR count). The van der Waals surface area contributed by atoms with Gasteiger partial charge in [0.1, 0.15) is 11.1 Å². The third-order valence-corrected chi connectivity index (χ3v) is 4.10. The summed E-state index contributed by atoms with van der Waals surface area (Å²) in [5.41, 5.74) is 0.252. The Morgan fingerprint density at radius 1 is 1.35 bits per heavy atom. The summed E-state index contributed by atoms with van der Waals surface area (Å²) in [6.07, 6.45) is 1.48. The molecule has 0 aliphatic rings. The highest BCUT2D eigenvalue weighted by Gasteiger charge is 2.32. The Balaban J connectivity index is 1.96. The van der Waals surface area contributed by atoms with Gasteiger partial charge in [-0.05, 0) is 31.9 Å². The molecule has 1 N–H and O–H groups in total. The molecule has 0 aliphatic heterocycles. The van der Waals surface area contributed by atoms with E-state index in [0.29, 0.717) is 11.1 Å². The normalized spacial score (nSPS) is 14.8. The summed E-state index contributed by atoms with van der Waals surface area (Å²) >= 11 is 0. The number of nitrogens with one attached hydrogen (secondary N) is 1. The van der Waals surface area contributed by atoms with Crippen LogP contribution in [0.15, 0.2) is 34.8 Å². The lowest BCUT2D eigenvalue weighted by atomic mass is 9.90. The first kappa shape index (κ1) is 19.2. The molecule has 2 atom stereocenters. The lowest BCUT2D eigenvalue weighted by molar-refractivity contribution is -0.150.